The molecule has 0 amide bonds. The summed E-state index contributed by atoms with van der Waals surface area (Å²) < 4.78 is 8.13. The molecule has 1 unspecified atom stereocenters. The first-order chi connectivity index (χ1) is 28.8. The van der Waals surface area contributed by atoms with Crippen LogP contribution in [0.15, 0.2) is 95.1 Å². The monoisotopic (exact) mass is 830 g/mol. The zero-order valence-electron chi connectivity index (χ0n) is 32.5. The van der Waals surface area contributed by atoms with E-state index in [2.05, 4.69) is 36.3 Å². The minimum absolute atomic E-state index is 0.0349. The molecular weight excluding hydrogens is 785 g/mol. The molecule has 0 radical (unpaired) electrons. The van der Waals surface area contributed by atoms with Gasteiger partial charge in [0.05, 0.1) is 26.9 Å². The van der Waals surface area contributed by atoms with Gasteiger partial charge in [-0.2, -0.15) is 0 Å². The number of carbonyl (C=O) groups excluding carboxylic acids is 1. The Morgan fingerprint density at radius 1 is 0.983 bits per heavy atom. The highest BCUT2D eigenvalue weighted by Crippen LogP contribution is 2.41. The third-order valence-corrected chi connectivity index (χ3v) is 14.0. The fourth-order valence-corrected chi connectivity index (χ4v) is 10.7. The summed E-state index contributed by atoms with van der Waals surface area (Å²) in [6.45, 7) is 4.09. The minimum atomic E-state index is -1.86. The van der Waals surface area contributed by atoms with Crippen LogP contribution in [-0.4, -0.2) is 78.4 Å². The van der Waals surface area contributed by atoms with Gasteiger partial charge in [-0.1, -0.05) is 47.7 Å². The van der Waals surface area contributed by atoms with Crippen molar-refractivity contribution in [3.05, 3.63) is 133 Å². The summed E-state index contributed by atoms with van der Waals surface area (Å²) in [5, 5.41) is 48.4. The normalized spacial score (nSPS) is 16.4. The van der Waals surface area contributed by atoms with Crippen molar-refractivity contribution in [2.24, 2.45) is 0 Å². The molecule has 4 aromatic heterocycles. The highest BCUT2D eigenvalue weighted by molar-refractivity contribution is 7.16. The first-order valence-corrected chi connectivity index (χ1v) is 21.9. The van der Waals surface area contributed by atoms with E-state index < -0.39 is 17.7 Å². The molecule has 2 atom stereocenters. The van der Waals surface area contributed by atoms with Gasteiger partial charge in [0.1, 0.15) is 17.4 Å². The molecule has 5 N–H and O–H groups in total. The van der Waals surface area contributed by atoms with Crippen molar-refractivity contribution < 1.29 is 24.9 Å². The molecule has 1 aliphatic carbocycles. The SMILES string of the molecule is O=C(OC1CCN(CCCn2nnc3cc(CNC[C@H](O)c4ccc(O)c5[nH]c(=O)ccc45)c4c(c32)CCC4)CC1)C(O)(c1cccs1)c1ccc(-c2ccccc2)s1. The van der Waals surface area contributed by atoms with Crippen molar-refractivity contribution >= 4 is 50.6 Å². The topological polar surface area (TPSA) is 166 Å². The van der Waals surface area contributed by atoms with Crippen LogP contribution in [0, 0.1) is 0 Å². The van der Waals surface area contributed by atoms with Crippen molar-refractivity contribution in [2.45, 2.75) is 69.4 Å². The molecule has 1 aliphatic heterocycles. The number of fused-ring (bicyclic) bond motifs is 4. The molecule has 1 fully saturated rings. The van der Waals surface area contributed by atoms with Crippen molar-refractivity contribution in [3.63, 3.8) is 0 Å². The molecule has 14 heteroatoms. The van der Waals surface area contributed by atoms with Crippen molar-refractivity contribution in [1.82, 2.24) is 30.2 Å². The summed E-state index contributed by atoms with van der Waals surface area (Å²) in [4.78, 5) is 32.8. The molecule has 5 heterocycles. The second-order valence-electron chi connectivity index (χ2n) is 15.5. The minimum Gasteiger partial charge on any atom is -0.506 e. The first-order valence-electron chi connectivity index (χ1n) is 20.2. The number of aliphatic hydroxyl groups is 2. The van der Waals surface area contributed by atoms with Crippen LogP contribution in [0.3, 0.4) is 0 Å². The zero-order chi connectivity index (χ0) is 40.5. The number of phenolic OH excluding ortho intramolecular Hbond substituents is 1. The smallest absolute Gasteiger partial charge is 0.349 e. The quantitative estimate of drug-likeness (QED) is 0.0774. The Kier molecular flexibility index (Phi) is 11.2. The number of likely N-dealkylation sites (tertiary alicyclic amines) is 1. The summed E-state index contributed by atoms with van der Waals surface area (Å²) in [6, 6.07) is 25.7. The molecule has 12 nitrogen and oxygen atoms in total. The average Bonchev–Trinajstić information content (AvgIpc) is 4.10. The number of aromatic nitrogens is 4. The number of aromatic amines is 1. The largest absolute Gasteiger partial charge is 0.506 e. The average molecular weight is 831 g/mol. The fourth-order valence-electron chi connectivity index (χ4n) is 8.69. The molecule has 0 saturated carbocycles. The molecule has 59 heavy (non-hydrogen) atoms. The highest BCUT2D eigenvalue weighted by atomic mass is 32.1. The molecule has 2 aliphatic rings. The number of esters is 1. The lowest BCUT2D eigenvalue weighted by Gasteiger charge is -2.33. The van der Waals surface area contributed by atoms with Crippen molar-refractivity contribution in [2.75, 3.05) is 26.2 Å². The number of phenols is 1. The molecule has 3 aromatic carbocycles. The Hall–Kier alpha value is -5.22. The molecule has 0 spiro atoms. The summed E-state index contributed by atoms with van der Waals surface area (Å²) in [5.41, 5.74) is 5.58. The van der Waals surface area contributed by atoms with E-state index in [-0.39, 0.29) is 17.4 Å². The van der Waals surface area contributed by atoms with Gasteiger partial charge >= 0.3 is 5.97 Å². The zero-order valence-corrected chi connectivity index (χ0v) is 34.1. The predicted octanol–water partition coefficient (Wildman–Crippen LogP) is 6.41. The number of hydrogen-bond donors (Lipinski definition) is 5. The van der Waals surface area contributed by atoms with Crippen LogP contribution in [0.5, 0.6) is 5.75 Å². The van der Waals surface area contributed by atoms with Crippen molar-refractivity contribution in [3.8, 4) is 16.2 Å². The number of rotatable bonds is 14. The number of benzene rings is 3. The number of aryl methyl sites for hydroxylation is 2. The lowest BCUT2D eigenvalue weighted by atomic mass is 9.99. The number of nitrogens with one attached hydrogen (secondary N) is 2. The van der Waals surface area contributed by atoms with Crippen LogP contribution in [0.2, 0.25) is 0 Å². The van der Waals surface area contributed by atoms with E-state index in [1.165, 1.54) is 45.9 Å². The second-order valence-corrected chi connectivity index (χ2v) is 17.5. The van der Waals surface area contributed by atoms with Crippen molar-refractivity contribution in [1.29, 1.82) is 0 Å². The van der Waals surface area contributed by atoms with Gasteiger partial charge in [-0.25, -0.2) is 9.48 Å². The van der Waals surface area contributed by atoms with Crippen LogP contribution in [0.4, 0.5) is 0 Å². The highest BCUT2D eigenvalue weighted by Gasteiger charge is 2.45. The summed E-state index contributed by atoms with van der Waals surface area (Å²) in [7, 11) is 0. The van der Waals surface area contributed by atoms with Gasteiger partial charge in [0.15, 0.2) is 0 Å². The van der Waals surface area contributed by atoms with E-state index in [1.807, 2.05) is 53.9 Å². The maximum absolute atomic E-state index is 13.8. The van der Waals surface area contributed by atoms with Gasteiger partial charge in [-0.05, 0) is 115 Å². The Bertz CT molecular complexity index is 2650. The molecule has 304 valence electrons. The fraction of sp³-hybridized carbons (Fsp3) is 0.333. The molecular formula is C45H46N6O6S2. The number of ether oxygens (including phenoxy) is 1. The maximum Gasteiger partial charge on any atom is 0.349 e. The third-order valence-electron chi connectivity index (χ3n) is 11.7. The number of thiophene rings is 2. The maximum atomic E-state index is 13.8. The van der Waals surface area contributed by atoms with Crippen LogP contribution >= 0.6 is 22.7 Å². The number of pyridine rings is 1. The number of carbonyl (C=O) groups is 1. The Morgan fingerprint density at radius 2 is 1.81 bits per heavy atom. The standard InChI is InChI=1S/C45H46N6O6S2/c52-36-14-12-32(33-13-17-41(54)47-42(33)36)37(53)27-46-26-29-25-35-43(34-10-4-9-31(29)34)51(49-48-35)21-6-20-50-22-18-30(19-23-50)57-44(55)45(56,39-11-5-24-58-39)40-16-15-38(59-40)28-7-2-1-3-8-28/h1-3,5,7-8,11-17,24-25,30,37,46,52-53,56H,4,6,9-10,18-23,26-27H2,(H,47,54)/t37-,45?/m0/s1. The first kappa shape index (κ1) is 39.3. The molecule has 7 aromatic rings. The van der Waals surface area contributed by atoms with E-state index >= 15 is 0 Å². The summed E-state index contributed by atoms with van der Waals surface area (Å²) >= 11 is 2.76. The van der Waals surface area contributed by atoms with Gasteiger partial charge in [-0.3, -0.25) is 4.79 Å². The van der Waals surface area contributed by atoms with Gasteiger partial charge in [0.25, 0.3) is 0 Å². The van der Waals surface area contributed by atoms with Gasteiger partial charge in [0, 0.05) is 49.1 Å². The van der Waals surface area contributed by atoms with Gasteiger partial charge < -0.3 is 35.3 Å². The Labute approximate surface area is 348 Å². The second kappa shape index (κ2) is 16.8. The Morgan fingerprint density at radius 3 is 2.63 bits per heavy atom. The Balaban J connectivity index is 0.789. The van der Waals surface area contributed by atoms with E-state index in [4.69, 9.17) is 4.74 Å². The molecule has 0 bridgehead atoms. The van der Waals surface area contributed by atoms with Gasteiger partial charge in [-0.15, -0.1) is 27.8 Å². The number of H-pyrrole nitrogens is 1. The number of aromatic hydroxyl groups is 1. The predicted molar refractivity (Wildman–Crippen MR) is 230 cm³/mol. The number of hydrogen-bond acceptors (Lipinski definition) is 12. The third kappa shape index (κ3) is 7.84. The number of nitrogens with zero attached hydrogens (tertiary/aromatic N) is 4. The lowest BCUT2D eigenvalue weighted by Crippen LogP contribution is -2.43. The summed E-state index contributed by atoms with van der Waals surface area (Å²) in [5.74, 6) is -0.656. The van der Waals surface area contributed by atoms with E-state index in [9.17, 15) is 24.9 Å². The van der Waals surface area contributed by atoms with E-state index in [0.717, 1.165) is 78.9 Å². The summed E-state index contributed by atoms with van der Waals surface area (Å²) in [6.07, 6.45) is 4.22. The number of aliphatic hydroxyl groups excluding tert-OH is 1. The van der Waals surface area contributed by atoms with E-state index in [0.29, 0.717) is 52.2 Å². The van der Waals surface area contributed by atoms with Crippen LogP contribution in [0.1, 0.15) is 63.8 Å². The van der Waals surface area contributed by atoms with Crippen LogP contribution in [-0.2, 0) is 41.1 Å². The number of piperidine rings is 1. The molecule has 1 saturated heterocycles. The van der Waals surface area contributed by atoms with Crippen LogP contribution in [0.25, 0.3) is 32.4 Å². The molecule has 9 rings (SSSR count). The van der Waals surface area contributed by atoms with Crippen LogP contribution < -0.4 is 10.9 Å². The van der Waals surface area contributed by atoms with Gasteiger partial charge in [0.2, 0.25) is 11.2 Å². The lowest BCUT2D eigenvalue weighted by molar-refractivity contribution is -0.169. The van der Waals surface area contributed by atoms with E-state index in [1.54, 1.807) is 18.2 Å².